The molecule has 0 aliphatic carbocycles. The highest BCUT2D eigenvalue weighted by molar-refractivity contribution is 6.04. The summed E-state index contributed by atoms with van der Waals surface area (Å²) in [6.45, 7) is 0. The summed E-state index contributed by atoms with van der Waals surface area (Å²) in [5.74, 6) is 0.721. The third-order valence-electron chi connectivity index (χ3n) is 3.19. The lowest BCUT2D eigenvalue weighted by Crippen LogP contribution is -2.10. The van der Waals surface area contributed by atoms with Crippen LogP contribution >= 0.6 is 0 Å². The zero-order valence-corrected chi connectivity index (χ0v) is 12.0. The second kappa shape index (κ2) is 5.43. The maximum atomic E-state index is 11.1. The van der Waals surface area contributed by atoms with E-state index in [0.717, 1.165) is 0 Å². The van der Waals surface area contributed by atoms with E-state index < -0.39 is 11.0 Å². The van der Waals surface area contributed by atoms with Crippen LogP contribution in [-0.2, 0) is 4.84 Å². The molecular formula is C13H13N5O4. The van der Waals surface area contributed by atoms with Gasteiger partial charge in [-0.3, -0.25) is 10.1 Å². The van der Waals surface area contributed by atoms with Gasteiger partial charge < -0.3 is 14.3 Å². The van der Waals surface area contributed by atoms with E-state index in [1.807, 2.05) is 0 Å². The minimum absolute atomic E-state index is 0.00925. The second-order valence-electron chi connectivity index (χ2n) is 4.94. The van der Waals surface area contributed by atoms with Crippen molar-refractivity contribution in [1.29, 1.82) is 0 Å². The topological polar surface area (TPSA) is 107 Å². The number of para-hydroxylation sites is 1. The Morgan fingerprint density at radius 2 is 2.14 bits per heavy atom. The highest BCUT2D eigenvalue weighted by Crippen LogP contribution is 2.31. The van der Waals surface area contributed by atoms with Crippen LogP contribution in [-0.4, -0.2) is 34.9 Å². The van der Waals surface area contributed by atoms with Gasteiger partial charge >= 0.3 is 0 Å². The van der Waals surface area contributed by atoms with Crippen molar-refractivity contribution in [3.8, 4) is 0 Å². The van der Waals surface area contributed by atoms with Crippen molar-refractivity contribution in [2.24, 2.45) is 5.16 Å². The summed E-state index contributed by atoms with van der Waals surface area (Å²) < 4.78 is 5.14. The van der Waals surface area contributed by atoms with Crippen molar-refractivity contribution < 1.29 is 14.3 Å². The summed E-state index contributed by atoms with van der Waals surface area (Å²) in [5, 5.41) is 18.8. The van der Waals surface area contributed by atoms with Gasteiger partial charge in [-0.15, -0.1) is 0 Å². The molecule has 1 aromatic carbocycles. The molecule has 1 atom stereocenters. The minimum atomic E-state index is -0.531. The van der Waals surface area contributed by atoms with Crippen LogP contribution < -0.4 is 4.90 Å². The molecule has 3 rings (SSSR count). The molecule has 1 unspecified atom stereocenters. The Bertz CT molecular complexity index is 740. The molecular weight excluding hydrogens is 290 g/mol. The van der Waals surface area contributed by atoms with Gasteiger partial charge in [-0.05, 0) is 11.2 Å². The Kier molecular flexibility index (Phi) is 3.45. The summed E-state index contributed by atoms with van der Waals surface area (Å²) in [6, 6.07) is 6.40. The summed E-state index contributed by atoms with van der Waals surface area (Å²) >= 11 is 0. The van der Waals surface area contributed by atoms with Gasteiger partial charge in [0, 0.05) is 26.6 Å². The van der Waals surface area contributed by atoms with Crippen LogP contribution in [0.3, 0.4) is 0 Å². The zero-order chi connectivity index (χ0) is 15.7. The van der Waals surface area contributed by atoms with Crippen molar-refractivity contribution >= 4 is 17.3 Å². The minimum Gasteiger partial charge on any atom is -0.382 e. The number of oxime groups is 1. The highest BCUT2D eigenvalue weighted by atomic mass is 16.7. The number of hydrogen-bond acceptors (Lipinski definition) is 8. The molecule has 2 heterocycles. The van der Waals surface area contributed by atoms with Gasteiger partial charge in [-0.1, -0.05) is 17.3 Å². The predicted octanol–water partition coefficient (Wildman–Crippen LogP) is 1.91. The first-order chi connectivity index (χ1) is 10.6. The average molecular weight is 303 g/mol. The zero-order valence-electron chi connectivity index (χ0n) is 12.0. The lowest BCUT2D eigenvalue weighted by molar-refractivity contribution is -0.385. The number of rotatable bonds is 4. The molecule has 0 saturated carbocycles. The number of benzene rings is 1. The molecule has 0 amide bonds. The van der Waals surface area contributed by atoms with E-state index in [9.17, 15) is 10.1 Å². The maximum absolute atomic E-state index is 11.1. The predicted molar refractivity (Wildman–Crippen MR) is 76.7 cm³/mol. The monoisotopic (exact) mass is 303 g/mol. The molecule has 114 valence electrons. The smallest absolute Gasteiger partial charge is 0.278 e. The Labute approximate surface area is 125 Å². The molecule has 0 spiro atoms. The van der Waals surface area contributed by atoms with Crippen LogP contribution in [0.25, 0.3) is 0 Å². The van der Waals surface area contributed by atoms with E-state index >= 15 is 0 Å². The van der Waals surface area contributed by atoms with E-state index in [0.29, 0.717) is 29.5 Å². The fourth-order valence-electron chi connectivity index (χ4n) is 2.09. The van der Waals surface area contributed by atoms with Gasteiger partial charge in [0.25, 0.3) is 17.5 Å². The lowest BCUT2D eigenvalue weighted by Gasteiger charge is -2.03. The molecule has 0 radical (unpaired) electrons. The van der Waals surface area contributed by atoms with Gasteiger partial charge in [0.2, 0.25) is 6.10 Å². The summed E-state index contributed by atoms with van der Waals surface area (Å²) in [5.41, 5.74) is 0.911. The first-order valence-electron chi connectivity index (χ1n) is 6.53. The van der Waals surface area contributed by atoms with E-state index in [4.69, 9.17) is 9.36 Å². The number of nitrogens with zero attached hydrogens (tertiary/aromatic N) is 5. The van der Waals surface area contributed by atoms with Crippen molar-refractivity contribution in [1.82, 2.24) is 10.1 Å². The number of hydrogen-bond donors (Lipinski definition) is 0. The quantitative estimate of drug-likeness (QED) is 0.627. The van der Waals surface area contributed by atoms with Gasteiger partial charge in [-0.25, -0.2) is 0 Å². The first-order valence-corrected chi connectivity index (χ1v) is 6.53. The van der Waals surface area contributed by atoms with E-state index in [-0.39, 0.29) is 5.69 Å². The molecule has 2 aromatic rings. The SMILES string of the molecule is CN(C)c1noc(C2CC(c3ccccc3[N+](=O)[O-])=NO2)n1. The number of nitro benzene ring substituents is 1. The van der Waals surface area contributed by atoms with Crippen LogP contribution in [0, 0.1) is 10.1 Å². The number of nitro groups is 1. The largest absolute Gasteiger partial charge is 0.382 e. The molecule has 1 aliphatic rings. The standard InChI is InChI=1S/C13H13N5O4/c1-17(2)13-14-12(22-16-13)11-7-9(15-21-11)8-5-3-4-6-10(8)18(19)20/h3-6,11H,7H2,1-2H3. The Hall–Kier alpha value is -2.97. The van der Waals surface area contributed by atoms with E-state index in [1.165, 1.54) is 6.07 Å². The summed E-state index contributed by atoms with van der Waals surface area (Å²) in [7, 11) is 3.58. The number of aromatic nitrogens is 2. The molecule has 0 saturated heterocycles. The van der Waals surface area contributed by atoms with Crippen molar-refractivity contribution in [2.45, 2.75) is 12.5 Å². The van der Waals surface area contributed by atoms with Crippen molar-refractivity contribution in [2.75, 3.05) is 19.0 Å². The normalized spacial score (nSPS) is 17.0. The van der Waals surface area contributed by atoms with Crippen LogP contribution in [0.15, 0.2) is 33.9 Å². The third-order valence-corrected chi connectivity index (χ3v) is 3.19. The molecule has 0 N–H and O–H groups in total. The van der Waals surface area contributed by atoms with Crippen molar-refractivity contribution in [3.63, 3.8) is 0 Å². The summed E-state index contributed by atoms with van der Waals surface area (Å²) in [4.78, 5) is 21.8. The molecule has 22 heavy (non-hydrogen) atoms. The fraction of sp³-hybridized carbons (Fsp3) is 0.308. The van der Waals surface area contributed by atoms with Crippen molar-refractivity contribution in [3.05, 3.63) is 45.8 Å². The molecule has 9 heteroatoms. The first kappa shape index (κ1) is 14.0. The lowest BCUT2D eigenvalue weighted by atomic mass is 10.0. The van der Waals surface area contributed by atoms with E-state index in [1.54, 1.807) is 37.2 Å². The van der Waals surface area contributed by atoms with Crippen LogP contribution in [0.5, 0.6) is 0 Å². The summed E-state index contributed by atoms with van der Waals surface area (Å²) in [6.07, 6.45) is -0.198. The molecule has 1 aliphatic heterocycles. The van der Waals surface area contributed by atoms with Crippen LogP contribution in [0.4, 0.5) is 11.6 Å². The molecule has 0 bridgehead atoms. The van der Waals surface area contributed by atoms with Gasteiger partial charge in [0.05, 0.1) is 16.2 Å². The highest BCUT2D eigenvalue weighted by Gasteiger charge is 2.32. The van der Waals surface area contributed by atoms with Crippen LogP contribution in [0.2, 0.25) is 0 Å². The Morgan fingerprint density at radius 3 is 2.82 bits per heavy atom. The second-order valence-corrected chi connectivity index (χ2v) is 4.94. The van der Waals surface area contributed by atoms with Crippen LogP contribution in [0.1, 0.15) is 24.0 Å². The molecule has 9 nitrogen and oxygen atoms in total. The third kappa shape index (κ3) is 2.48. The Balaban J connectivity index is 1.81. The van der Waals surface area contributed by atoms with Gasteiger partial charge in [0.15, 0.2) is 0 Å². The average Bonchev–Trinajstić information content (AvgIpc) is 3.16. The molecule has 0 fully saturated rings. The van der Waals surface area contributed by atoms with E-state index in [2.05, 4.69) is 15.3 Å². The number of anilines is 1. The van der Waals surface area contributed by atoms with Gasteiger partial charge in [0.1, 0.15) is 0 Å². The maximum Gasteiger partial charge on any atom is 0.278 e. The molecule has 1 aromatic heterocycles. The Morgan fingerprint density at radius 1 is 1.36 bits per heavy atom. The van der Waals surface area contributed by atoms with Gasteiger partial charge in [-0.2, -0.15) is 4.98 Å². The fourth-order valence-corrected chi connectivity index (χ4v) is 2.09.